The quantitative estimate of drug-likeness (QED) is 0.910. The van der Waals surface area contributed by atoms with Gasteiger partial charge in [0.2, 0.25) is 0 Å². The van der Waals surface area contributed by atoms with Crippen molar-refractivity contribution in [3.05, 3.63) is 45.5 Å². The summed E-state index contributed by atoms with van der Waals surface area (Å²) in [5.41, 5.74) is 0.417. The van der Waals surface area contributed by atoms with Gasteiger partial charge in [0.15, 0.2) is 0 Å². The molecule has 2 aromatic rings. The zero-order valence-corrected chi connectivity index (χ0v) is 10.3. The van der Waals surface area contributed by atoms with E-state index >= 15 is 0 Å². The van der Waals surface area contributed by atoms with Gasteiger partial charge in [0, 0.05) is 14.9 Å². The van der Waals surface area contributed by atoms with Crippen LogP contribution in [0.4, 0.5) is 4.39 Å². The maximum atomic E-state index is 13.6. The van der Waals surface area contributed by atoms with Gasteiger partial charge >= 0.3 is 5.97 Å². The summed E-state index contributed by atoms with van der Waals surface area (Å²) in [7, 11) is 0. The van der Waals surface area contributed by atoms with Crippen LogP contribution in [0.5, 0.6) is 0 Å². The standard InChI is InChI=1S/C11H6BrFO2S/c12-6-1-2-7(8(13)5-6)9-3-4-10(16-9)11(14)15/h1-5H,(H,14,15). The highest BCUT2D eigenvalue weighted by Crippen LogP contribution is 2.31. The normalized spacial score (nSPS) is 10.4. The Labute approximate surface area is 103 Å². The number of hydrogen-bond donors (Lipinski definition) is 1. The lowest BCUT2D eigenvalue weighted by Gasteiger charge is -1.99. The minimum absolute atomic E-state index is 0.206. The number of rotatable bonds is 2. The predicted octanol–water partition coefficient (Wildman–Crippen LogP) is 4.01. The number of thiophene rings is 1. The van der Waals surface area contributed by atoms with Crippen LogP contribution in [0.3, 0.4) is 0 Å². The first-order chi connectivity index (χ1) is 7.58. The molecule has 0 unspecified atom stereocenters. The van der Waals surface area contributed by atoms with Gasteiger partial charge in [-0.1, -0.05) is 15.9 Å². The number of hydrogen-bond acceptors (Lipinski definition) is 2. The van der Waals surface area contributed by atoms with Gasteiger partial charge in [-0.3, -0.25) is 0 Å². The van der Waals surface area contributed by atoms with Gasteiger partial charge in [0.05, 0.1) is 0 Å². The molecule has 0 radical (unpaired) electrons. The van der Waals surface area contributed by atoms with Crippen molar-refractivity contribution in [2.75, 3.05) is 0 Å². The molecule has 0 bridgehead atoms. The molecule has 2 nitrogen and oxygen atoms in total. The lowest BCUT2D eigenvalue weighted by Crippen LogP contribution is -1.89. The van der Waals surface area contributed by atoms with Gasteiger partial charge in [-0.05, 0) is 30.3 Å². The van der Waals surface area contributed by atoms with E-state index in [4.69, 9.17) is 5.11 Å². The fourth-order valence-electron chi connectivity index (χ4n) is 1.29. The highest BCUT2D eigenvalue weighted by Gasteiger charge is 2.11. The molecular weight excluding hydrogens is 295 g/mol. The second-order valence-electron chi connectivity index (χ2n) is 3.09. The highest BCUT2D eigenvalue weighted by atomic mass is 79.9. The van der Waals surface area contributed by atoms with Crippen LogP contribution in [-0.2, 0) is 0 Å². The molecule has 16 heavy (non-hydrogen) atoms. The topological polar surface area (TPSA) is 37.3 Å². The van der Waals surface area contributed by atoms with E-state index < -0.39 is 5.97 Å². The molecule has 0 fully saturated rings. The van der Waals surface area contributed by atoms with Crippen molar-refractivity contribution in [3.63, 3.8) is 0 Å². The average molecular weight is 301 g/mol. The summed E-state index contributed by atoms with van der Waals surface area (Å²) in [6, 6.07) is 7.79. The highest BCUT2D eigenvalue weighted by molar-refractivity contribution is 9.10. The lowest BCUT2D eigenvalue weighted by atomic mass is 10.2. The number of carbonyl (C=O) groups is 1. The van der Waals surface area contributed by atoms with E-state index in [-0.39, 0.29) is 10.7 Å². The fraction of sp³-hybridized carbons (Fsp3) is 0. The summed E-state index contributed by atoms with van der Waals surface area (Å²) in [6.45, 7) is 0. The second-order valence-corrected chi connectivity index (χ2v) is 5.09. The third-order valence-electron chi connectivity index (χ3n) is 2.01. The molecule has 0 atom stereocenters. The molecule has 0 aliphatic carbocycles. The molecule has 5 heteroatoms. The Morgan fingerprint density at radius 2 is 2.06 bits per heavy atom. The van der Waals surface area contributed by atoms with Crippen molar-refractivity contribution < 1.29 is 14.3 Å². The van der Waals surface area contributed by atoms with Crippen LogP contribution in [0.1, 0.15) is 9.67 Å². The first kappa shape index (κ1) is 11.3. The van der Waals surface area contributed by atoms with Crippen LogP contribution in [0, 0.1) is 5.82 Å². The van der Waals surface area contributed by atoms with Crippen LogP contribution in [0.15, 0.2) is 34.8 Å². The van der Waals surface area contributed by atoms with E-state index in [2.05, 4.69) is 15.9 Å². The van der Waals surface area contributed by atoms with Gasteiger partial charge in [0.1, 0.15) is 10.7 Å². The van der Waals surface area contributed by atoms with E-state index in [1.54, 1.807) is 18.2 Å². The summed E-state index contributed by atoms with van der Waals surface area (Å²) in [4.78, 5) is 11.5. The first-order valence-corrected chi connectivity index (χ1v) is 5.97. The molecule has 2 rings (SSSR count). The Morgan fingerprint density at radius 1 is 1.31 bits per heavy atom. The summed E-state index contributed by atoms with van der Waals surface area (Å²) in [5.74, 6) is -1.36. The van der Waals surface area contributed by atoms with Crippen molar-refractivity contribution in [1.82, 2.24) is 0 Å². The van der Waals surface area contributed by atoms with Gasteiger partial charge in [-0.25, -0.2) is 9.18 Å². The number of benzene rings is 1. The van der Waals surface area contributed by atoms with Crippen LogP contribution in [-0.4, -0.2) is 11.1 Å². The molecule has 0 aliphatic heterocycles. The van der Waals surface area contributed by atoms with Gasteiger partial charge in [0.25, 0.3) is 0 Å². The molecule has 0 aliphatic rings. The molecule has 0 saturated heterocycles. The van der Waals surface area contributed by atoms with Crippen molar-refractivity contribution in [3.8, 4) is 10.4 Å². The predicted molar refractivity (Wildman–Crippen MR) is 64.4 cm³/mol. The SMILES string of the molecule is O=C(O)c1ccc(-c2ccc(Br)cc2F)s1. The van der Waals surface area contributed by atoms with Gasteiger partial charge < -0.3 is 5.11 Å². The maximum absolute atomic E-state index is 13.6. The molecule has 0 spiro atoms. The largest absolute Gasteiger partial charge is 0.477 e. The molecule has 0 saturated carbocycles. The second kappa shape index (κ2) is 4.35. The van der Waals surface area contributed by atoms with Crippen molar-refractivity contribution in [2.24, 2.45) is 0 Å². The minimum Gasteiger partial charge on any atom is -0.477 e. The first-order valence-electron chi connectivity index (χ1n) is 4.36. The Kier molecular flexibility index (Phi) is 3.07. The Hall–Kier alpha value is -1.20. The maximum Gasteiger partial charge on any atom is 0.345 e. The molecule has 82 valence electrons. The minimum atomic E-state index is -0.992. The smallest absolute Gasteiger partial charge is 0.345 e. The zero-order chi connectivity index (χ0) is 11.7. The third kappa shape index (κ3) is 2.15. The number of carboxylic acid groups (broad SMARTS) is 1. The summed E-state index contributed by atoms with van der Waals surface area (Å²) in [6.07, 6.45) is 0. The van der Waals surface area contributed by atoms with E-state index in [0.717, 1.165) is 11.3 Å². The number of carboxylic acids is 1. The van der Waals surface area contributed by atoms with Crippen molar-refractivity contribution >= 4 is 33.2 Å². The van der Waals surface area contributed by atoms with Crippen molar-refractivity contribution in [1.29, 1.82) is 0 Å². The van der Waals surface area contributed by atoms with Crippen LogP contribution >= 0.6 is 27.3 Å². The molecule has 1 aromatic heterocycles. The summed E-state index contributed by atoms with van der Waals surface area (Å²) in [5, 5.41) is 8.77. The summed E-state index contributed by atoms with van der Waals surface area (Å²) < 4.78 is 14.2. The van der Waals surface area contributed by atoms with E-state index in [0.29, 0.717) is 14.9 Å². The lowest BCUT2D eigenvalue weighted by molar-refractivity contribution is 0.0702. The summed E-state index contributed by atoms with van der Waals surface area (Å²) >= 11 is 4.23. The van der Waals surface area contributed by atoms with Crippen LogP contribution in [0.2, 0.25) is 0 Å². The van der Waals surface area contributed by atoms with Gasteiger partial charge in [-0.15, -0.1) is 11.3 Å². The Bertz CT molecular complexity index is 551. The van der Waals surface area contributed by atoms with E-state index in [1.807, 2.05) is 0 Å². The van der Waals surface area contributed by atoms with Gasteiger partial charge in [-0.2, -0.15) is 0 Å². The van der Waals surface area contributed by atoms with E-state index in [9.17, 15) is 9.18 Å². The van der Waals surface area contributed by atoms with Crippen molar-refractivity contribution in [2.45, 2.75) is 0 Å². The molecule has 1 aromatic carbocycles. The Morgan fingerprint density at radius 3 is 2.62 bits per heavy atom. The van der Waals surface area contributed by atoms with Crippen LogP contribution < -0.4 is 0 Å². The molecule has 1 heterocycles. The third-order valence-corrected chi connectivity index (χ3v) is 3.61. The zero-order valence-electron chi connectivity index (χ0n) is 7.91. The van der Waals surface area contributed by atoms with E-state index in [1.165, 1.54) is 12.1 Å². The fourth-order valence-corrected chi connectivity index (χ4v) is 2.49. The average Bonchev–Trinajstić information content (AvgIpc) is 2.66. The number of halogens is 2. The van der Waals surface area contributed by atoms with Crippen LogP contribution in [0.25, 0.3) is 10.4 Å². The molecule has 0 amide bonds. The monoisotopic (exact) mass is 300 g/mol. The molecule has 1 N–H and O–H groups in total. The molecular formula is C11H6BrFO2S. The Balaban J connectivity index is 2.46. The number of aromatic carboxylic acids is 1.